The van der Waals surface area contributed by atoms with Crippen molar-refractivity contribution in [3.05, 3.63) is 35.6 Å². The summed E-state index contributed by atoms with van der Waals surface area (Å²) in [5.74, 6) is 0.441. The van der Waals surface area contributed by atoms with Gasteiger partial charge in [0.05, 0.1) is 0 Å². The average molecular weight is 276 g/mol. The molecule has 0 aromatic heterocycles. The molecular formula is C17H25FN2. The van der Waals surface area contributed by atoms with Gasteiger partial charge in [-0.3, -0.25) is 4.90 Å². The third-order valence-electron chi connectivity index (χ3n) is 4.76. The van der Waals surface area contributed by atoms with Gasteiger partial charge in [-0.25, -0.2) is 4.39 Å². The Hall–Kier alpha value is -0.930. The fraction of sp³-hybridized carbons (Fsp3) is 0.647. The molecule has 2 nitrogen and oxygen atoms in total. The first-order chi connectivity index (χ1) is 9.76. The van der Waals surface area contributed by atoms with Crippen molar-refractivity contribution < 1.29 is 4.39 Å². The lowest BCUT2D eigenvalue weighted by atomic mass is 9.76. The summed E-state index contributed by atoms with van der Waals surface area (Å²) in [6, 6.07) is 8.57. The molecule has 0 atom stereocenters. The highest BCUT2D eigenvalue weighted by molar-refractivity contribution is 5.23. The van der Waals surface area contributed by atoms with Crippen molar-refractivity contribution in [2.45, 2.75) is 50.6 Å². The molecule has 3 heteroatoms. The predicted molar refractivity (Wildman–Crippen MR) is 80.4 cm³/mol. The summed E-state index contributed by atoms with van der Waals surface area (Å²) in [5.41, 5.74) is 1.16. The molecule has 2 saturated carbocycles. The first kappa shape index (κ1) is 14.0. The molecule has 0 saturated heterocycles. The fourth-order valence-corrected chi connectivity index (χ4v) is 3.27. The maximum absolute atomic E-state index is 13.2. The normalized spacial score (nSPS) is 25.8. The smallest absolute Gasteiger partial charge is 0.123 e. The van der Waals surface area contributed by atoms with Crippen LogP contribution in [0.3, 0.4) is 0 Å². The molecule has 0 aliphatic heterocycles. The van der Waals surface area contributed by atoms with Crippen LogP contribution in [0.2, 0.25) is 0 Å². The van der Waals surface area contributed by atoms with Gasteiger partial charge in [0.2, 0.25) is 0 Å². The molecule has 0 radical (unpaired) electrons. The van der Waals surface area contributed by atoms with Crippen LogP contribution in [-0.2, 0) is 0 Å². The summed E-state index contributed by atoms with van der Waals surface area (Å²) in [7, 11) is 0. The van der Waals surface area contributed by atoms with E-state index in [0.29, 0.717) is 12.0 Å². The van der Waals surface area contributed by atoms with Crippen molar-refractivity contribution in [3.63, 3.8) is 0 Å². The predicted octanol–water partition coefficient (Wildman–Crippen LogP) is 3.15. The van der Waals surface area contributed by atoms with Gasteiger partial charge in [0, 0.05) is 25.2 Å². The van der Waals surface area contributed by atoms with Crippen LogP contribution >= 0.6 is 0 Å². The van der Waals surface area contributed by atoms with Crippen LogP contribution in [0.1, 0.15) is 44.1 Å². The fourth-order valence-electron chi connectivity index (χ4n) is 3.27. The SMILES string of the molecule is CCN(CCNC1CC(c2cccc(F)c2)C1)C1CC1. The number of halogens is 1. The van der Waals surface area contributed by atoms with Gasteiger partial charge in [-0.15, -0.1) is 0 Å². The lowest BCUT2D eigenvalue weighted by molar-refractivity contribution is 0.243. The van der Waals surface area contributed by atoms with Crippen LogP contribution in [-0.4, -0.2) is 36.6 Å². The van der Waals surface area contributed by atoms with E-state index in [4.69, 9.17) is 0 Å². The molecule has 2 aliphatic carbocycles. The Kier molecular flexibility index (Phi) is 4.37. The Morgan fingerprint density at radius 3 is 2.75 bits per heavy atom. The van der Waals surface area contributed by atoms with Crippen molar-refractivity contribution in [3.8, 4) is 0 Å². The number of benzene rings is 1. The molecule has 0 bridgehead atoms. The summed E-state index contributed by atoms with van der Waals surface area (Å²) < 4.78 is 13.2. The van der Waals surface area contributed by atoms with E-state index < -0.39 is 0 Å². The van der Waals surface area contributed by atoms with Gasteiger partial charge in [0.15, 0.2) is 0 Å². The van der Waals surface area contributed by atoms with E-state index in [1.165, 1.54) is 32.0 Å². The Morgan fingerprint density at radius 2 is 2.10 bits per heavy atom. The molecule has 0 heterocycles. The molecule has 1 aromatic carbocycles. The first-order valence-electron chi connectivity index (χ1n) is 7.99. The van der Waals surface area contributed by atoms with Crippen LogP contribution in [0.15, 0.2) is 24.3 Å². The highest BCUT2D eigenvalue weighted by Gasteiger charge is 2.31. The van der Waals surface area contributed by atoms with Crippen LogP contribution < -0.4 is 5.32 Å². The molecule has 0 unspecified atom stereocenters. The maximum Gasteiger partial charge on any atom is 0.123 e. The summed E-state index contributed by atoms with van der Waals surface area (Å²) in [4.78, 5) is 2.58. The van der Waals surface area contributed by atoms with E-state index in [0.717, 1.165) is 31.0 Å². The van der Waals surface area contributed by atoms with Crippen molar-refractivity contribution >= 4 is 0 Å². The zero-order valence-electron chi connectivity index (χ0n) is 12.3. The number of rotatable bonds is 7. The zero-order valence-corrected chi connectivity index (χ0v) is 12.3. The van der Waals surface area contributed by atoms with E-state index in [1.54, 1.807) is 6.07 Å². The third-order valence-corrected chi connectivity index (χ3v) is 4.76. The molecule has 3 rings (SSSR count). The largest absolute Gasteiger partial charge is 0.313 e. The van der Waals surface area contributed by atoms with Gasteiger partial charge >= 0.3 is 0 Å². The second-order valence-corrected chi connectivity index (χ2v) is 6.23. The Balaban J connectivity index is 1.36. The summed E-state index contributed by atoms with van der Waals surface area (Å²) >= 11 is 0. The zero-order chi connectivity index (χ0) is 13.9. The van der Waals surface area contributed by atoms with Crippen molar-refractivity contribution in [1.82, 2.24) is 10.2 Å². The number of nitrogens with one attached hydrogen (secondary N) is 1. The highest BCUT2D eigenvalue weighted by Crippen LogP contribution is 2.36. The van der Waals surface area contributed by atoms with Gasteiger partial charge in [0.1, 0.15) is 5.82 Å². The molecule has 2 fully saturated rings. The molecule has 1 N–H and O–H groups in total. The standard InChI is InChI=1S/C17H25FN2/c1-2-20(17-6-7-17)9-8-19-16-11-14(12-16)13-4-3-5-15(18)10-13/h3-5,10,14,16-17,19H,2,6-9,11-12H2,1H3. The van der Waals surface area contributed by atoms with Crippen molar-refractivity contribution in [2.24, 2.45) is 0 Å². The van der Waals surface area contributed by atoms with E-state index in [1.807, 2.05) is 6.07 Å². The first-order valence-corrected chi connectivity index (χ1v) is 7.99. The second kappa shape index (κ2) is 6.23. The maximum atomic E-state index is 13.2. The molecule has 20 heavy (non-hydrogen) atoms. The molecule has 110 valence electrons. The Labute approximate surface area is 121 Å². The van der Waals surface area contributed by atoms with Gasteiger partial charge in [-0.1, -0.05) is 19.1 Å². The lowest BCUT2D eigenvalue weighted by Gasteiger charge is -2.37. The minimum Gasteiger partial charge on any atom is -0.313 e. The molecule has 0 spiro atoms. The summed E-state index contributed by atoms with van der Waals surface area (Å²) in [6.07, 6.45) is 5.08. The topological polar surface area (TPSA) is 15.3 Å². The van der Waals surface area contributed by atoms with Gasteiger partial charge < -0.3 is 5.32 Å². The molecule has 2 aliphatic rings. The molecular weight excluding hydrogens is 251 g/mol. The van der Waals surface area contributed by atoms with E-state index in [2.05, 4.69) is 23.2 Å². The second-order valence-electron chi connectivity index (χ2n) is 6.23. The van der Waals surface area contributed by atoms with Gasteiger partial charge in [-0.2, -0.15) is 0 Å². The van der Waals surface area contributed by atoms with Crippen LogP contribution in [0, 0.1) is 5.82 Å². The quantitative estimate of drug-likeness (QED) is 0.823. The minimum absolute atomic E-state index is 0.109. The van der Waals surface area contributed by atoms with Crippen LogP contribution in [0.5, 0.6) is 0 Å². The Bertz CT molecular complexity index is 438. The van der Waals surface area contributed by atoms with E-state index in [9.17, 15) is 4.39 Å². The Morgan fingerprint density at radius 1 is 1.30 bits per heavy atom. The lowest BCUT2D eigenvalue weighted by Crippen LogP contribution is -2.44. The van der Waals surface area contributed by atoms with E-state index in [-0.39, 0.29) is 5.82 Å². The number of likely N-dealkylation sites (N-methyl/N-ethyl adjacent to an activating group) is 1. The third kappa shape index (κ3) is 3.39. The number of hydrogen-bond acceptors (Lipinski definition) is 2. The molecule has 1 aromatic rings. The van der Waals surface area contributed by atoms with E-state index >= 15 is 0 Å². The highest BCUT2D eigenvalue weighted by atomic mass is 19.1. The molecule has 0 amide bonds. The van der Waals surface area contributed by atoms with Crippen LogP contribution in [0.4, 0.5) is 4.39 Å². The number of nitrogens with zero attached hydrogens (tertiary/aromatic N) is 1. The van der Waals surface area contributed by atoms with Crippen LogP contribution in [0.25, 0.3) is 0 Å². The van der Waals surface area contributed by atoms with Gasteiger partial charge in [-0.05, 0) is 55.8 Å². The average Bonchev–Trinajstić information content (AvgIpc) is 3.21. The monoisotopic (exact) mass is 276 g/mol. The van der Waals surface area contributed by atoms with Crippen molar-refractivity contribution in [1.29, 1.82) is 0 Å². The number of hydrogen-bond donors (Lipinski definition) is 1. The van der Waals surface area contributed by atoms with Gasteiger partial charge in [0.25, 0.3) is 0 Å². The minimum atomic E-state index is -0.109. The van der Waals surface area contributed by atoms with Crippen molar-refractivity contribution in [2.75, 3.05) is 19.6 Å². The summed E-state index contributed by atoms with van der Waals surface area (Å²) in [5, 5.41) is 3.65. The summed E-state index contributed by atoms with van der Waals surface area (Å²) in [6.45, 7) is 5.68.